The number of anilines is 1. The first-order chi connectivity index (χ1) is 14.4. The molecule has 0 aliphatic heterocycles. The Bertz CT molecular complexity index is 1050. The molecule has 0 unspecified atom stereocenters. The summed E-state index contributed by atoms with van der Waals surface area (Å²) in [4.78, 5) is 25.6. The van der Waals surface area contributed by atoms with E-state index in [1.165, 1.54) is 0 Å². The van der Waals surface area contributed by atoms with E-state index in [1.54, 1.807) is 37.5 Å². The average Bonchev–Trinajstić information content (AvgIpc) is 2.75. The van der Waals surface area contributed by atoms with Crippen molar-refractivity contribution in [1.29, 1.82) is 0 Å². The molecule has 0 aromatic heterocycles. The summed E-state index contributed by atoms with van der Waals surface area (Å²) in [5.74, 6) is -0.0505. The van der Waals surface area contributed by atoms with Gasteiger partial charge in [-0.3, -0.25) is 9.59 Å². The number of nitrogens with one attached hydrogen (secondary N) is 2. The van der Waals surface area contributed by atoms with Crippen molar-refractivity contribution in [2.75, 3.05) is 12.4 Å². The Morgan fingerprint density at radius 1 is 0.800 bits per heavy atom. The minimum Gasteiger partial charge on any atom is -0.497 e. The number of amides is 2. The van der Waals surface area contributed by atoms with Crippen molar-refractivity contribution in [3.05, 3.63) is 101 Å². The Labute approximate surface area is 176 Å². The average molecular weight is 400 g/mol. The van der Waals surface area contributed by atoms with Crippen LogP contribution in [0.3, 0.4) is 0 Å². The number of hydrogen-bond acceptors (Lipinski definition) is 3. The number of rotatable bonds is 6. The fourth-order valence-electron chi connectivity index (χ4n) is 2.76. The first kappa shape index (κ1) is 20.9. The maximum atomic E-state index is 12.9. The smallest absolute Gasteiger partial charge is 0.272 e. The lowest BCUT2D eigenvalue weighted by Gasteiger charge is -2.12. The zero-order valence-corrected chi connectivity index (χ0v) is 17.2. The number of carbonyl (C=O) groups is 2. The third-order valence-corrected chi connectivity index (χ3v) is 4.54. The predicted octanol–water partition coefficient (Wildman–Crippen LogP) is 4.72. The van der Waals surface area contributed by atoms with E-state index in [-0.39, 0.29) is 11.6 Å². The van der Waals surface area contributed by atoms with Crippen molar-refractivity contribution in [3.8, 4) is 5.75 Å². The van der Waals surface area contributed by atoms with Crippen LogP contribution in [0.2, 0.25) is 0 Å². The van der Waals surface area contributed by atoms with Crippen LogP contribution in [0, 0.1) is 13.8 Å². The number of methoxy groups -OCH3 is 1. The van der Waals surface area contributed by atoms with Crippen LogP contribution in [0.15, 0.2) is 78.5 Å². The van der Waals surface area contributed by atoms with E-state index in [4.69, 9.17) is 4.74 Å². The van der Waals surface area contributed by atoms with Crippen LogP contribution in [-0.4, -0.2) is 18.9 Å². The molecule has 0 radical (unpaired) electrons. The summed E-state index contributed by atoms with van der Waals surface area (Å²) in [5, 5.41) is 5.57. The Balaban J connectivity index is 1.87. The van der Waals surface area contributed by atoms with Gasteiger partial charge in [-0.25, -0.2) is 0 Å². The molecule has 5 nitrogen and oxygen atoms in total. The fourth-order valence-corrected chi connectivity index (χ4v) is 2.76. The second-order valence-corrected chi connectivity index (χ2v) is 6.97. The molecule has 2 N–H and O–H groups in total. The molecule has 0 heterocycles. The molecular formula is C25H24N2O3. The molecular weight excluding hydrogens is 376 g/mol. The summed E-state index contributed by atoms with van der Waals surface area (Å²) in [6.07, 6.45) is 1.63. The van der Waals surface area contributed by atoms with Gasteiger partial charge in [0.15, 0.2) is 0 Å². The van der Waals surface area contributed by atoms with Crippen molar-refractivity contribution in [1.82, 2.24) is 5.32 Å². The van der Waals surface area contributed by atoms with Gasteiger partial charge in [-0.15, -0.1) is 0 Å². The molecule has 5 heteroatoms. The Morgan fingerprint density at radius 3 is 1.93 bits per heavy atom. The normalized spacial score (nSPS) is 11.0. The van der Waals surface area contributed by atoms with E-state index in [0.717, 1.165) is 16.7 Å². The predicted molar refractivity (Wildman–Crippen MR) is 119 cm³/mol. The van der Waals surface area contributed by atoms with Gasteiger partial charge in [-0.2, -0.15) is 0 Å². The zero-order chi connectivity index (χ0) is 21.5. The van der Waals surface area contributed by atoms with Gasteiger partial charge in [-0.1, -0.05) is 47.5 Å². The van der Waals surface area contributed by atoms with E-state index in [2.05, 4.69) is 10.6 Å². The second-order valence-electron chi connectivity index (χ2n) is 6.97. The van der Waals surface area contributed by atoms with Crippen LogP contribution in [-0.2, 0) is 4.79 Å². The lowest BCUT2D eigenvalue weighted by Crippen LogP contribution is -2.30. The molecule has 2 amide bonds. The number of benzene rings is 3. The molecule has 0 aliphatic carbocycles. The van der Waals surface area contributed by atoms with Crippen LogP contribution in [0.1, 0.15) is 27.0 Å². The van der Waals surface area contributed by atoms with E-state index in [0.29, 0.717) is 17.0 Å². The SMILES string of the molecule is COc1ccc(/C=C(\NC(=O)c2ccc(C)cc2)C(=O)Nc2ccc(C)cc2)cc1. The quantitative estimate of drug-likeness (QED) is 0.588. The maximum absolute atomic E-state index is 12.9. The maximum Gasteiger partial charge on any atom is 0.272 e. The van der Waals surface area contributed by atoms with Gasteiger partial charge in [0.2, 0.25) is 0 Å². The number of ether oxygens (including phenoxy) is 1. The second kappa shape index (κ2) is 9.56. The van der Waals surface area contributed by atoms with Gasteiger partial charge in [0.05, 0.1) is 7.11 Å². The molecule has 0 fully saturated rings. The molecule has 3 aromatic rings. The Kier molecular flexibility index (Phi) is 6.65. The van der Waals surface area contributed by atoms with Crippen molar-refractivity contribution in [2.45, 2.75) is 13.8 Å². The van der Waals surface area contributed by atoms with Crippen LogP contribution in [0.5, 0.6) is 5.75 Å². The third-order valence-electron chi connectivity index (χ3n) is 4.54. The number of aryl methyl sites for hydroxylation is 2. The molecule has 30 heavy (non-hydrogen) atoms. The highest BCUT2D eigenvalue weighted by Crippen LogP contribution is 2.15. The van der Waals surface area contributed by atoms with Crippen LogP contribution < -0.4 is 15.4 Å². The van der Waals surface area contributed by atoms with Gasteiger partial charge in [0, 0.05) is 11.3 Å². The summed E-state index contributed by atoms with van der Waals surface area (Å²) in [6.45, 7) is 3.92. The number of carbonyl (C=O) groups excluding carboxylic acids is 2. The van der Waals surface area contributed by atoms with Crippen molar-refractivity contribution in [2.24, 2.45) is 0 Å². The summed E-state index contributed by atoms with van der Waals surface area (Å²) < 4.78 is 5.17. The Morgan fingerprint density at radius 2 is 1.37 bits per heavy atom. The van der Waals surface area contributed by atoms with Crippen molar-refractivity contribution < 1.29 is 14.3 Å². The van der Waals surface area contributed by atoms with Gasteiger partial charge >= 0.3 is 0 Å². The van der Waals surface area contributed by atoms with E-state index < -0.39 is 5.91 Å². The highest BCUT2D eigenvalue weighted by molar-refractivity contribution is 6.10. The highest BCUT2D eigenvalue weighted by Gasteiger charge is 2.15. The van der Waals surface area contributed by atoms with Crippen LogP contribution >= 0.6 is 0 Å². The number of hydrogen-bond donors (Lipinski definition) is 2. The molecule has 0 atom stereocenters. The van der Waals surface area contributed by atoms with Gasteiger partial charge in [0.1, 0.15) is 11.4 Å². The third kappa shape index (κ3) is 5.58. The summed E-state index contributed by atoms with van der Waals surface area (Å²) in [7, 11) is 1.59. The van der Waals surface area contributed by atoms with Gasteiger partial charge in [0.25, 0.3) is 11.8 Å². The molecule has 0 spiro atoms. The molecule has 3 rings (SSSR count). The summed E-state index contributed by atoms with van der Waals surface area (Å²) in [6, 6.07) is 21.8. The molecule has 3 aromatic carbocycles. The molecule has 152 valence electrons. The van der Waals surface area contributed by atoms with Crippen molar-refractivity contribution in [3.63, 3.8) is 0 Å². The zero-order valence-electron chi connectivity index (χ0n) is 17.2. The summed E-state index contributed by atoms with van der Waals surface area (Å²) >= 11 is 0. The molecule has 0 saturated heterocycles. The summed E-state index contributed by atoms with van der Waals surface area (Å²) in [5.41, 5.74) is 4.17. The lowest BCUT2D eigenvalue weighted by molar-refractivity contribution is -0.113. The minimum atomic E-state index is -0.407. The first-order valence-corrected chi connectivity index (χ1v) is 9.56. The van der Waals surface area contributed by atoms with Crippen LogP contribution in [0.4, 0.5) is 5.69 Å². The topological polar surface area (TPSA) is 67.4 Å². The lowest BCUT2D eigenvalue weighted by atomic mass is 10.1. The van der Waals surface area contributed by atoms with E-state index >= 15 is 0 Å². The minimum absolute atomic E-state index is 0.145. The van der Waals surface area contributed by atoms with Gasteiger partial charge < -0.3 is 15.4 Å². The molecule has 0 saturated carbocycles. The molecule has 0 bridgehead atoms. The largest absolute Gasteiger partial charge is 0.497 e. The Hall–Kier alpha value is -3.86. The highest BCUT2D eigenvalue weighted by atomic mass is 16.5. The van der Waals surface area contributed by atoms with Gasteiger partial charge in [-0.05, 0) is 61.9 Å². The van der Waals surface area contributed by atoms with Crippen LogP contribution in [0.25, 0.3) is 6.08 Å². The monoisotopic (exact) mass is 400 g/mol. The first-order valence-electron chi connectivity index (χ1n) is 9.56. The van der Waals surface area contributed by atoms with E-state index in [1.807, 2.05) is 62.4 Å². The molecule has 0 aliphatic rings. The van der Waals surface area contributed by atoms with E-state index in [9.17, 15) is 9.59 Å². The van der Waals surface area contributed by atoms with Crippen molar-refractivity contribution >= 4 is 23.6 Å². The standard InChI is InChI=1S/C25H24N2O3/c1-17-4-10-20(11-5-17)24(28)27-23(16-19-8-14-22(30-3)15-9-19)25(29)26-21-12-6-18(2)7-13-21/h4-16H,1-3H3,(H,26,29)(H,27,28)/b23-16-. The fraction of sp³-hybridized carbons (Fsp3) is 0.120.